The Bertz CT molecular complexity index is 1380. The van der Waals surface area contributed by atoms with Crippen LogP contribution < -0.4 is 9.47 Å². The molecule has 2 nitrogen and oxygen atoms in total. The Hall–Kier alpha value is -2.84. The monoisotopic (exact) mass is 694 g/mol. The Morgan fingerprint density at radius 1 is 0.417 bits per heavy atom. The average molecular weight is 694 g/mol. The molecule has 5 aromatic rings. The van der Waals surface area contributed by atoms with E-state index >= 15 is 0 Å². The molecular weight excluding hydrogens is 670 g/mol. The predicted octanol–water partition coefficient (Wildman–Crippen LogP) is 9.58. The highest BCUT2D eigenvalue weighted by Crippen LogP contribution is 2.40. The molecule has 0 saturated heterocycles. The maximum atomic E-state index is 5.74. The average Bonchev–Trinajstić information content (AvgIpc) is 2.94. The van der Waals surface area contributed by atoms with Crippen molar-refractivity contribution in [3.8, 4) is 56.0 Å². The third-order valence-corrected chi connectivity index (χ3v) is 8.46. The third-order valence-electron chi connectivity index (χ3n) is 6.24. The maximum Gasteiger partial charge on any atom is 0.133 e. The van der Waals surface area contributed by atoms with Crippen LogP contribution in [-0.4, -0.2) is 14.2 Å². The van der Waals surface area contributed by atoms with Crippen molar-refractivity contribution >= 4 is 45.2 Å². The molecule has 0 amide bonds. The molecule has 0 spiro atoms. The van der Waals surface area contributed by atoms with Gasteiger partial charge in [-0.25, -0.2) is 0 Å². The lowest BCUT2D eigenvalue weighted by molar-refractivity contribution is 0.412. The maximum absolute atomic E-state index is 5.74. The van der Waals surface area contributed by atoms with Crippen LogP contribution in [0.15, 0.2) is 109 Å². The Morgan fingerprint density at radius 3 is 1.11 bits per heavy atom. The fourth-order valence-electron chi connectivity index (χ4n) is 4.34. The molecule has 5 rings (SSSR count). The van der Waals surface area contributed by atoms with Gasteiger partial charge < -0.3 is 9.47 Å². The van der Waals surface area contributed by atoms with E-state index in [1.807, 2.05) is 12.1 Å². The van der Waals surface area contributed by atoms with Crippen LogP contribution in [0.2, 0.25) is 0 Å². The molecule has 0 aliphatic heterocycles. The molecule has 0 aromatic heterocycles. The van der Waals surface area contributed by atoms with Crippen LogP contribution in [0.1, 0.15) is 0 Å². The first-order chi connectivity index (χ1) is 17.6. The minimum atomic E-state index is 0.880. The van der Waals surface area contributed by atoms with Crippen LogP contribution in [0.5, 0.6) is 11.5 Å². The lowest BCUT2D eigenvalue weighted by Gasteiger charge is -2.15. The van der Waals surface area contributed by atoms with Gasteiger partial charge >= 0.3 is 0 Å². The van der Waals surface area contributed by atoms with Crippen molar-refractivity contribution in [2.45, 2.75) is 0 Å². The summed E-state index contributed by atoms with van der Waals surface area (Å²) in [7, 11) is 3.46. The number of halogens is 2. The van der Waals surface area contributed by atoms with Gasteiger partial charge in [0, 0.05) is 0 Å². The highest BCUT2D eigenvalue weighted by molar-refractivity contribution is 14.1. The molecule has 0 radical (unpaired) electrons. The van der Waals surface area contributed by atoms with Gasteiger partial charge in [0.05, 0.1) is 21.4 Å². The fourth-order valence-corrected chi connectivity index (χ4v) is 6.02. The third kappa shape index (κ3) is 5.02. The summed E-state index contributed by atoms with van der Waals surface area (Å²) in [5.41, 5.74) is 9.25. The summed E-state index contributed by atoms with van der Waals surface area (Å²) < 4.78 is 13.7. The van der Waals surface area contributed by atoms with Gasteiger partial charge in [-0.2, -0.15) is 0 Å². The van der Waals surface area contributed by atoms with Crippen molar-refractivity contribution in [2.24, 2.45) is 0 Å². The standard InChI is InChI=1S/C32H24I2O2/c1-35-29-19-25(21-9-5-3-6-10-21)17-27(31(29)33)23-13-15-24(16-14-23)28-18-26(20-30(36-2)32(28)34)22-11-7-4-8-12-22/h3-20H,1-2H3. The Balaban J connectivity index is 1.58. The van der Waals surface area contributed by atoms with Crippen molar-refractivity contribution in [3.05, 3.63) is 116 Å². The molecule has 0 saturated carbocycles. The Kier molecular flexibility index (Phi) is 7.62. The zero-order valence-electron chi connectivity index (χ0n) is 20.0. The van der Waals surface area contributed by atoms with Crippen LogP contribution >= 0.6 is 45.2 Å². The molecular formula is C32H24I2O2. The highest BCUT2D eigenvalue weighted by atomic mass is 127. The summed E-state index contributed by atoms with van der Waals surface area (Å²) in [5.74, 6) is 1.76. The van der Waals surface area contributed by atoms with Gasteiger partial charge in [-0.05, 0) is 114 Å². The number of rotatable bonds is 6. The van der Waals surface area contributed by atoms with Crippen molar-refractivity contribution in [3.63, 3.8) is 0 Å². The minimum absolute atomic E-state index is 0.880. The van der Waals surface area contributed by atoms with E-state index in [0.717, 1.165) is 52.0 Å². The number of benzene rings is 5. The smallest absolute Gasteiger partial charge is 0.133 e. The second-order valence-electron chi connectivity index (χ2n) is 8.39. The molecule has 0 atom stereocenters. The number of ether oxygens (including phenoxy) is 2. The fraction of sp³-hybridized carbons (Fsp3) is 0.0625. The molecule has 0 fully saturated rings. The zero-order chi connectivity index (χ0) is 25.1. The molecule has 0 N–H and O–H groups in total. The molecule has 0 unspecified atom stereocenters. The number of hydrogen-bond donors (Lipinski definition) is 0. The largest absolute Gasteiger partial charge is 0.496 e. The van der Waals surface area contributed by atoms with Crippen molar-refractivity contribution in [1.29, 1.82) is 0 Å². The van der Waals surface area contributed by atoms with E-state index in [1.165, 1.54) is 11.1 Å². The van der Waals surface area contributed by atoms with Crippen molar-refractivity contribution in [2.75, 3.05) is 14.2 Å². The summed E-state index contributed by atoms with van der Waals surface area (Å²) in [6.45, 7) is 0. The normalized spacial score (nSPS) is 10.8. The summed E-state index contributed by atoms with van der Waals surface area (Å²) in [5, 5.41) is 0. The second-order valence-corrected chi connectivity index (χ2v) is 10.5. The zero-order valence-corrected chi connectivity index (χ0v) is 24.3. The van der Waals surface area contributed by atoms with E-state index in [9.17, 15) is 0 Å². The molecule has 0 heterocycles. The molecule has 4 heteroatoms. The summed E-state index contributed by atoms with van der Waals surface area (Å²) in [6.07, 6.45) is 0. The summed E-state index contributed by atoms with van der Waals surface area (Å²) in [4.78, 5) is 0. The Morgan fingerprint density at radius 2 is 0.778 bits per heavy atom. The van der Waals surface area contributed by atoms with Crippen LogP contribution in [0, 0.1) is 7.14 Å². The van der Waals surface area contributed by atoms with Crippen molar-refractivity contribution < 1.29 is 9.47 Å². The van der Waals surface area contributed by atoms with Gasteiger partial charge in [0.1, 0.15) is 11.5 Å². The number of methoxy groups -OCH3 is 2. The predicted molar refractivity (Wildman–Crippen MR) is 167 cm³/mol. The van der Waals surface area contributed by atoms with Gasteiger partial charge in [-0.15, -0.1) is 0 Å². The van der Waals surface area contributed by atoms with E-state index in [2.05, 4.69) is 142 Å². The number of hydrogen-bond acceptors (Lipinski definition) is 2. The van der Waals surface area contributed by atoms with Crippen LogP contribution in [-0.2, 0) is 0 Å². The molecule has 0 aliphatic rings. The van der Waals surface area contributed by atoms with Gasteiger partial charge in [-0.3, -0.25) is 0 Å². The van der Waals surface area contributed by atoms with Crippen LogP contribution in [0.3, 0.4) is 0 Å². The molecule has 0 bridgehead atoms. The van der Waals surface area contributed by atoms with Crippen LogP contribution in [0.25, 0.3) is 44.5 Å². The van der Waals surface area contributed by atoms with E-state index in [1.54, 1.807) is 14.2 Å². The summed E-state index contributed by atoms with van der Waals surface area (Å²) >= 11 is 4.77. The SMILES string of the molecule is COc1cc(-c2ccccc2)cc(-c2ccc(-c3cc(-c4ccccc4)cc(OC)c3I)cc2)c1I. The molecule has 0 aliphatic carbocycles. The first kappa shape index (κ1) is 24.8. The minimum Gasteiger partial charge on any atom is -0.496 e. The lowest BCUT2D eigenvalue weighted by atomic mass is 9.95. The molecule has 178 valence electrons. The second kappa shape index (κ2) is 11.0. The van der Waals surface area contributed by atoms with E-state index in [-0.39, 0.29) is 0 Å². The topological polar surface area (TPSA) is 18.5 Å². The molecule has 5 aromatic carbocycles. The summed E-state index contributed by atoms with van der Waals surface area (Å²) in [6, 6.07) is 38.3. The molecule has 36 heavy (non-hydrogen) atoms. The van der Waals surface area contributed by atoms with Gasteiger partial charge in [0.2, 0.25) is 0 Å². The van der Waals surface area contributed by atoms with Crippen LogP contribution in [0.4, 0.5) is 0 Å². The van der Waals surface area contributed by atoms with Crippen molar-refractivity contribution in [1.82, 2.24) is 0 Å². The first-order valence-corrected chi connectivity index (χ1v) is 13.7. The first-order valence-electron chi connectivity index (χ1n) is 11.6. The highest BCUT2D eigenvalue weighted by Gasteiger charge is 2.15. The quantitative estimate of drug-likeness (QED) is 0.165. The van der Waals surface area contributed by atoms with Gasteiger partial charge in [-0.1, -0.05) is 84.9 Å². The van der Waals surface area contributed by atoms with E-state index < -0.39 is 0 Å². The Labute approximate surface area is 239 Å². The lowest BCUT2D eigenvalue weighted by Crippen LogP contribution is -1.94. The van der Waals surface area contributed by atoms with Gasteiger partial charge in [0.15, 0.2) is 0 Å². The van der Waals surface area contributed by atoms with E-state index in [4.69, 9.17) is 9.47 Å². The van der Waals surface area contributed by atoms with Gasteiger partial charge in [0.25, 0.3) is 0 Å². The van der Waals surface area contributed by atoms with E-state index in [0.29, 0.717) is 0 Å².